The van der Waals surface area contributed by atoms with Gasteiger partial charge in [-0.25, -0.2) is 4.98 Å². The van der Waals surface area contributed by atoms with Crippen molar-refractivity contribution in [1.82, 2.24) is 30.6 Å². The van der Waals surface area contributed by atoms with Gasteiger partial charge in [-0.1, -0.05) is 85.7 Å². The van der Waals surface area contributed by atoms with Crippen molar-refractivity contribution in [3.05, 3.63) is 113 Å². The van der Waals surface area contributed by atoms with Gasteiger partial charge in [-0.05, 0) is 75.0 Å². The summed E-state index contributed by atoms with van der Waals surface area (Å²) in [6.45, 7) is 8.92. The van der Waals surface area contributed by atoms with E-state index in [0.717, 1.165) is 48.6 Å². The van der Waals surface area contributed by atoms with Crippen molar-refractivity contribution < 1.29 is 27.3 Å². The SMILES string of the molecule is CC(C)C(C=O)c1cc(-c2ccc(-c3cc(-c4ccccc4C(F)(F)F)nnc3N)cc2)no1.Cc1ncsc1-c1ccc(C(C)NC(=O)C2CCCN2C)cc1. The number of hydrogen-bond acceptors (Lipinski definition) is 10. The molecule has 0 bridgehead atoms. The largest absolute Gasteiger partial charge is 0.417 e. The normalized spacial score (nSPS) is 15.5. The van der Waals surface area contributed by atoms with Crippen LogP contribution in [0.5, 0.6) is 0 Å². The van der Waals surface area contributed by atoms with Crippen LogP contribution in [0.15, 0.2) is 95.0 Å². The summed E-state index contributed by atoms with van der Waals surface area (Å²) >= 11 is 1.66. The number of benzene rings is 3. The van der Waals surface area contributed by atoms with Crippen LogP contribution in [-0.2, 0) is 15.8 Å². The molecule has 1 fully saturated rings. The van der Waals surface area contributed by atoms with Gasteiger partial charge in [-0.15, -0.1) is 21.5 Å². The lowest BCUT2D eigenvalue weighted by molar-refractivity contribution is -0.137. The zero-order valence-electron chi connectivity index (χ0n) is 32.2. The second-order valence-corrected chi connectivity index (χ2v) is 15.3. The Bertz CT molecular complexity index is 2310. The molecule has 0 saturated carbocycles. The number of nitrogens with zero attached hydrogens (tertiary/aromatic N) is 5. The summed E-state index contributed by atoms with van der Waals surface area (Å²) < 4.78 is 45.7. The van der Waals surface area contributed by atoms with E-state index in [9.17, 15) is 22.8 Å². The minimum absolute atomic E-state index is 0.0214. The number of nitrogens with two attached hydrogens (primary N) is 1. The average Bonchev–Trinajstić information content (AvgIpc) is 3.97. The van der Waals surface area contributed by atoms with Crippen LogP contribution in [0.3, 0.4) is 0 Å². The maximum absolute atomic E-state index is 13.5. The van der Waals surface area contributed by atoms with Gasteiger partial charge in [-0.2, -0.15) is 13.2 Å². The molecule has 0 aliphatic carbocycles. The van der Waals surface area contributed by atoms with Crippen LogP contribution >= 0.6 is 11.3 Å². The van der Waals surface area contributed by atoms with Crippen LogP contribution in [0.2, 0.25) is 0 Å². The molecule has 4 heterocycles. The highest BCUT2D eigenvalue weighted by Crippen LogP contribution is 2.38. The van der Waals surface area contributed by atoms with Crippen LogP contribution in [0.4, 0.5) is 19.0 Å². The summed E-state index contributed by atoms with van der Waals surface area (Å²) in [7, 11) is 2.02. The zero-order chi connectivity index (χ0) is 40.9. The van der Waals surface area contributed by atoms with Crippen molar-refractivity contribution in [2.75, 3.05) is 19.3 Å². The summed E-state index contributed by atoms with van der Waals surface area (Å²) in [6.07, 6.45) is -1.63. The van der Waals surface area contributed by atoms with Crippen molar-refractivity contribution in [3.63, 3.8) is 0 Å². The number of likely N-dealkylation sites (tertiary alicyclic amines) is 1. The Kier molecular flexibility index (Phi) is 12.6. The highest BCUT2D eigenvalue weighted by Gasteiger charge is 2.34. The second kappa shape index (κ2) is 17.6. The number of thiazole rings is 1. The number of alkyl halides is 3. The molecule has 57 heavy (non-hydrogen) atoms. The van der Waals surface area contributed by atoms with Gasteiger partial charge in [0.1, 0.15) is 17.7 Å². The van der Waals surface area contributed by atoms with E-state index in [2.05, 4.69) is 54.8 Å². The number of aryl methyl sites for hydroxylation is 1. The number of aldehydes is 1. The van der Waals surface area contributed by atoms with Crippen molar-refractivity contribution in [1.29, 1.82) is 0 Å². The molecule has 1 aliphatic heterocycles. The molecular formula is C43H44F3N7O3S. The number of carbonyl (C=O) groups excluding carboxylic acids is 2. The molecule has 7 rings (SSSR count). The third-order valence-electron chi connectivity index (χ3n) is 10.1. The Balaban J connectivity index is 0.000000208. The van der Waals surface area contributed by atoms with Gasteiger partial charge >= 0.3 is 6.18 Å². The number of hydrogen-bond donors (Lipinski definition) is 2. The molecule has 6 aromatic rings. The van der Waals surface area contributed by atoms with E-state index < -0.39 is 11.7 Å². The van der Waals surface area contributed by atoms with E-state index in [-0.39, 0.29) is 46.9 Å². The number of likely N-dealkylation sites (N-methyl/N-ethyl adjacent to an activating group) is 1. The van der Waals surface area contributed by atoms with E-state index >= 15 is 0 Å². The summed E-state index contributed by atoms with van der Waals surface area (Å²) in [4.78, 5) is 31.4. The second-order valence-electron chi connectivity index (χ2n) is 14.4. The molecule has 10 nitrogen and oxygen atoms in total. The van der Waals surface area contributed by atoms with Crippen molar-refractivity contribution >= 4 is 29.3 Å². The highest BCUT2D eigenvalue weighted by molar-refractivity contribution is 7.13. The van der Waals surface area contributed by atoms with Crippen LogP contribution < -0.4 is 11.1 Å². The van der Waals surface area contributed by atoms with Gasteiger partial charge < -0.3 is 20.4 Å². The highest BCUT2D eigenvalue weighted by atomic mass is 32.1. The quantitative estimate of drug-likeness (QED) is 0.130. The topological polar surface area (TPSA) is 140 Å². The summed E-state index contributed by atoms with van der Waals surface area (Å²) in [6, 6.07) is 24.0. The number of amides is 1. The number of anilines is 1. The first-order valence-corrected chi connectivity index (χ1v) is 19.5. The Morgan fingerprint density at radius 2 is 1.63 bits per heavy atom. The standard InChI is InChI=1S/C25H21F3N4O2.C18H23N3OS/c1-14(2)19(13-33)23-12-21(32-34-23)16-9-7-15(8-10-16)18-11-22(30-31-24(18)29)17-5-3-4-6-20(17)25(26,27)28;1-12(20-18(22)16-5-4-10-21(16)3)14-6-8-15(9-7-14)17-13(2)19-11-23-17/h3-14,19H,1-2H3,(H2,29,31);6-9,11-12,16H,4-5,10H2,1-3H3,(H,20,22). The average molecular weight is 796 g/mol. The molecule has 3 aromatic carbocycles. The predicted molar refractivity (Wildman–Crippen MR) is 216 cm³/mol. The molecule has 14 heteroatoms. The number of aromatic nitrogens is 4. The number of carbonyl (C=O) groups is 2. The smallest absolute Gasteiger partial charge is 0.382 e. The predicted octanol–water partition coefficient (Wildman–Crippen LogP) is 9.40. The van der Waals surface area contributed by atoms with E-state index in [1.54, 1.807) is 41.7 Å². The van der Waals surface area contributed by atoms with Gasteiger partial charge in [0.25, 0.3) is 0 Å². The first kappa shape index (κ1) is 40.9. The lowest BCUT2D eigenvalue weighted by Crippen LogP contribution is -2.42. The van der Waals surface area contributed by atoms with E-state index in [1.807, 2.05) is 40.3 Å². The molecule has 1 saturated heterocycles. The maximum atomic E-state index is 13.5. The van der Waals surface area contributed by atoms with Crippen molar-refractivity contribution in [2.24, 2.45) is 5.92 Å². The van der Waals surface area contributed by atoms with Crippen molar-refractivity contribution in [2.45, 2.75) is 64.7 Å². The van der Waals surface area contributed by atoms with Crippen LogP contribution in [0, 0.1) is 12.8 Å². The molecule has 1 aliphatic rings. The number of nitrogen functional groups attached to an aromatic ring is 1. The fourth-order valence-electron chi connectivity index (χ4n) is 6.81. The fraction of sp³-hybridized carbons (Fsp3) is 0.302. The van der Waals surface area contributed by atoms with Gasteiger partial charge in [0.15, 0.2) is 5.82 Å². The third kappa shape index (κ3) is 9.46. The number of halogens is 3. The van der Waals surface area contributed by atoms with E-state index in [1.165, 1.54) is 34.7 Å². The van der Waals surface area contributed by atoms with Gasteiger partial charge in [0, 0.05) is 22.8 Å². The van der Waals surface area contributed by atoms with Gasteiger partial charge in [0.2, 0.25) is 5.91 Å². The summed E-state index contributed by atoms with van der Waals surface area (Å²) in [5.74, 6) is 0.399. The number of nitrogens with one attached hydrogen (secondary N) is 1. The molecule has 1 amide bonds. The van der Waals surface area contributed by atoms with Gasteiger partial charge in [0.05, 0.1) is 45.3 Å². The molecular weight excluding hydrogens is 752 g/mol. The van der Waals surface area contributed by atoms with E-state index in [0.29, 0.717) is 22.6 Å². The fourth-order valence-corrected chi connectivity index (χ4v) is 7.62. The molecule has 296 valence electrons. The molecule has 3 aromatic heterocycles. The Hall–Kier alpha value is -5.73. The van der Waals surface area contributed by atoms with Gasteiger partial charge in [-0.3, -0.25) is 9.69 Å². The lowest BCUT2D eigenvalue weighted by atomic mass is 9.94. The monoisotopic (exact) mass is 795 g/mol. The summed E-state index contributed by atoms with van der Waals surface area (Å²) in [5, 5.41) is 15.0. The summed E-state index contributed by atoms with van der Waals surface area (Å²) in [5.41, 5.74) is 12.9. The molecule has 3 atom stereocenters. The van der Waals surface area contributed by atoms with Crippen LogP contribution in [0.25, 0.3) is 44.1 Å². The lowest BCUT2D eigenvalue weighted by Gasteiger charge is -2.22. The zero-order valence-corrected chi connectivity index (χ0v) is 33.1. The minimum Gasteiger partial charge on any atom is -0.382 e. The number of rotatable bonds is 10. The molecule has 0 spiro atoms. The first-order valence-electron chi connectivity index (χ1n) is 18.6. The Morgan fingerprint density at radius 1 is 0.947 bits per heavy atom. The molecule has 3 N–H and O–H groups in total. The minimum atomic E-state index is -4.53. The van der Waals surface area contributed by atoms with Crippen molar-refractivity contribution in [3.8, 4) is 44.1 Å². The first-order chi connectivity index (χ1) is 27.2. The van der Waals surface area contributed by atoms with Crippen LogP contribution in [0.1, 0.15) is 68.2 Å². The Morgan fingerprint density at radius 3 is 2.25 bits per heavy atom. The van der Waals surface area contributed by atoms with Crippen LogP contribution in [-0.4, -0.2) is 57.1 Å². The van der Waals surface area contributed by atoms with E-state index in [4.69, 9.17) is 10.3 Å². The Labute approximate surface area is 333 Å². The molecule has 3 unspecified atom stereocenters. The molecule has 0 radical (unpaired) electrons. The third-order valence-corrected chi connectivity index (χ3v) is 11.1. The maximum Gasteiger partial charge on any atom is 0.417 e.